The van der Waals surface area contributed by atoms with Crippen LogP contribution in [0.15, 0.2) is 36.8 Å². The summed E-state index contributed by atoms with van der Waals surface area (Å²) in [6.45, 7) is 3.27. The van der Waals surface area contributed by atoms with Gasteiger partial charge in [0.1, 0.15) is 12.1 Å². The number of amides is 2. The standard InChI is InChI=1S/C22H26N8O2/c1-28-20-17(12-25-28)21(24-14-23-20)30-10-8-29(9-11-30)13-19(31)27-18-5-3-2-4-16(18)22(32)26-15-6-7-15/h2-5,12,14-15H,6-11,13H2,1H3,(H,26,32)(H,27,31). The quantitative estimate of drug-likeness (QED) is 0.596. The zero-order valence-electron chi connectivity index (χ0n) is 18.0. The lowest BCUT2D eigenvalue weighted by Crippen LogP contribution is -2.49. The highest BCUT2D eigenvalue weighted by molar-refractivity contribution is 6.04. The number of nitrogens with one attached hydrogen (secondary N) is 2. The van der Waals surface area contributed by atoms with Crippen molar-refractivity contribution in [3.8, 4) is 0 Å². The van der Waals surface area contributed by atoms with Crippen LogP contribution in [0.3, 0.4) is 0 Å². The van der Waals surface area contributed by atoms with Crippen LogP contribution in [0.2, 0.25) is 0 Å². The molecular formula is C22H26N8O2. The van der Waals surface area contributed by atoms with E-state index in [1.165, 1.54) is 0 Å². The van der Waals surface area contributed by atoms with Crippen LogP contribution in [0.5, 0.6) is 0 Å². The minimum atomic E-state index is -0.136. The van der Waals surface area contributed by atoms with Crippen LogP contribution >= 0.6 is 0 Å². The third kappa shape index (κ3) is 4.26. The molecule has 2 aromatic heterocycles. The molecule has 1 saturated heterocycles. The fraction of sp³-hybridized carbons (Fsp3) is 0.409. The highest BCUT2D eigenvalue weighted by atomic mass is 16.2. The minimum absolute atomic E-state index is 0.123. The number of aryl methyl sites for hydroxylation is 1. The summed E-state index contributed by atoms with van der Waals surface area (Å²) in [4.78, 5) is 38.2. The number of para-hydroxylation sites is 1. The molecular weight excluding hydrogens is 408 g/mol. The third-order valence-electron chi connectivity index (χ3n) is 5.91. The molecule has 2 amide bonds. The lowest BCUT2D eigenvalue weighted by Gasteiger charge is -2.35. The van der Waals surface area contributed by atoms with Gasteiger partial charge in [-0.05, 0) is 25.0 Å². The van der Waals surface area contributed by atoms with E-state index in [9.17, 15) is 9.59 Å². The highest BCUT2D eigenvalue weighted by Gasteiger charge is 2.26. The van der Waals surface area contributed by atoms with Gasteiger partial charge in [-0.15, -0.1) is 0 Å². The molecule has 0 unspecified atom stereocenters. The maximum Gasteiger partial charge on any atom is 0.253 e. The molecule has 1 aliphatic heterocycles. The summed E-state index contributed by atoms with van der Waals surface area (Å²) in [5, 5.41) is 11.1. The molecule has 10 heteroatoms. The molecule has 5 rings (SSSR count). The molecule has 0 spiro atoms. The maximum atomic E-state index is 12.7. The topological polar surface area (TPSA) is 108 Å². The molecule has 1 aliphatic carbocycles. The second-order valence-corrected chi connectivity index (χ2v) is 8.31. The van der Waals surface area contributed by atoms with E-state index in [1.54, 1.807) is 29.3 Å². The van der Waals surface area contributed by atoms with Crippen molar-refractivity contribution >= 4 is 34.4 Å². The molecule has 3 aromatic rings. The maximum absolute atomic E-state index is 12.7. The van der Waals surface area contributed by atoms with E-state index in [0.717, 1.165) is 55.9 Å². The SMILES string of the molecule is Cn1ncc2c(N3CCN(CC(=O)Nc4ccccc4C(=O)NC4CC4)CC3)ncnc21. The average molecular weight is 435 g/mol. The van der Waals surface area contributed by atoms with Crippen LogP contribution in [0, 0.1) is 0 Å². The number of nitrogens with zero attached hydrogens (tertiary/aromatic N) is 6. The second-order valence-electron chi connectivity index (χ2n) is 8.31. The molecule has 10 nitrogen and oxygen atoms in total. The molecule has 32 heavy (non-hydrogen) atoms. The molecule has 2 N–H and O–H groups in total. The van der Waals surface area contributed by atoms with Crippen LogP contribution in [0.1, 0.15) is 23.2 Å². The number of carbonyl (C=O) groups excluding carboxylic acids is 2. The molecule has 1 aromatic carbocycles. The summed E-state index contributed by atoms with van der Waals surface area (Å²) in [6.07, 6.45) is 5.40. The number of anilines is 2. The van der Waals surface area contributed by atoms with Gasteiger partial charge in [-0.1, -0.05) is 12.1 Å². The molecule has 0 atom stereocenters. The van der Waals surface area contributed by atoms with Crippen molar-refractivity contribution in [3.05, 3.63) is 42.4 Å². The number of aromatic nitrogens is 4. The molecule has 1 saturated carbocycles. The first kappa shape index (κ1) is 20.4. The number of hydrogen-bond donors (Lipinski definition) is 2. The molecule has 0 radical (unpaired) electrons. The van der Waals surface area contributed by atoms with Gasteiger partial charge >= 0.3 is 0 Å². The second kappa shape index (κ2) is 8.54. The van der Waals surface area contributed by atoms with E-state index in [4.69, 9.17) is 0 Å². The highest BCUT2D eigenvalue weighted by Crippen LogP contribution is 2.24. The Balaban J connectivity index is 1.18. The summed E-state index contributed by atoms with van der Waals surface area (Å²) in [7, 11) is 1.86. The first-order valence-electron chi connectivity index (χ1n) is 10.9. The summed E-state index contributed by atoms with van der Waals surface area (Å²) >= 11 is 0. The van der Waals surface area contributed by atoms with E-state index in [0.29, 0.717) is 11.3 Å². The van der Waals surface area contributed by atoms with Crippen molar-refractivity contribution in [2.75, 3.05) is 42.9 Å². The number of fused-ring (bicyclic) bond motifs is 1. The largest absolute Gasteiger partial charge is 0.353 e. The summed E-state index contributed by atoms with van der Waals surface area (Å²) in [5.74, 6) is 0.619. The number of rotatable bonds is 6. The van der Waals surface area contributed by atoms with Crippen LogP contribution in [-0.4, -0.2) is 75.2 Å². The number of carbonyl (C=O) groups is 2. The smallest absolute Gasteiger partial charge is 0.253 e. The fourth-order valence-electron chi connectivity index (χ4n) is 3.99. The first-order valence-corrected chi connectivity index (χ1v) is 10.9. The van der Waals surface area contributed by atoms with E-state index in [1.807, 2.05) is 19.2 Å². The van der Waals surface area contributed by atoms with Crippen molar-refractivity contribution in [2.45, 2.75) is 18.9 Å². The molecule has 3 heterocycles. The number of piperazine rings is 1. The van der Waals surface area contributed by atoms with Crippen molar-refractivity contribution in [2.24, 2.45) is 7.05 Å². The van der Waals surface area contributed by atoms with Gasteiger partial charge in [0.25, 0.3) is 5.91 Å². The summed E-state index contributed by atoms with van der Waals surface area (Å²) < 4.78 is 1.74. The van der Waals surface area contributed by atoms with Gasteiger partial charge in [0.2, 0.25) is 5.91 Å². The van der Waals surface area contributed by atoms with Crippen molar-refractivity contribution < 1.29 is 9.59 Å². The van der Waals surface area contributed by atoms with Gasteiger partial charge in [-0.3, -0.25) is 19.2 Å². The van der Waals surface area contributed by atoms with E-state index in [-0.39, 0.29) is 24.4 Å². The Kier molecular flexibility index (Phi) is 5.44. The Labute approximate surface area is 185 Å². The van der Waals surface area contributed by atoms with Crippen LogP contribution in [-0.2, 0) is 11.8 Å². The lowest BCUT2D eigenvalue weighted by atomic mass is 10.1. The zero-order chi connectivity index (χ0) is 22.1. The minimum Gasteiger partial charge on any atom is -0.353 e. The number of benzene rings is 1. The van der Waals surface area contributed by atoms with Crippen molar-refractivity contribution in [1.82, 2.24) is 30.0 Å². The Morgan fingerprint density at radius 1 is 1.09 bits per heavy atom. The average Bonchev–Trinajstić information content (AvgIpc) is 3.54. The van der Waals surface area contributed by atoms with Gasteiger partial charge in [-0.2, -0.15) is 5.10 Å². The summed E-state index contributed by atoms with van der Waals surface area (Å²) in [6, 6.07) is 7.41. The van der Waals surface area contributed by atoms with Crippen LogP contribution < -0.4 is 15.5 Å². The van der Waals surface area contributed by atoms with Crippen LogP contribution in [0.25, 0.3) is 11.0 Å². The van der Waals surface area contributed by atoms with E-state index in [2.05, 4.69) is 35.5 Å². The molecule has 0 bridgehead atoms. The Hall–Kier alpha value is -3.53. The van der Waals surface area contributed by atoms with Gasteiger partial charge in [-0.25, -0.2) is 9.97 Å². The predicted octanol–water partition coefficient (Wildman–Crippen LogP) is 1.02. The molecule has 2 aliphatic rings. The predicted molar refractivity (Wildman–Crippen MR) is 121 cm³/mol. The van der Waals surface area contributed by atoms with E-state index < -0.39 is 0 Å². The Bertz CT molecular complexity index is 1150. The monoisotopic (exact) mass is 434 g/mol. The zero-order valence-corrected chi connectivity index (χ0v) is 18.0. The van der Waals surface area contributed by atoms with Gasteiger partial charge in [0.15, 0.2) is 5.65 Å². The Morgan fingerprint density at radius 2 is 1.88 bits per heavy atom. The van der Waals surface area contributed by atoms with Gasteiger partial charge in [0, 0.05) is 39.3 Å². The molecule has 166 valence electrons. The normalized spacial score (nSPS) is 16.8. The number of hydrogen-bond acceptors (Lipinski definition) is 7. The van der Waals surface area contributed by atoms with Gasteiger partial charge < -0.3 is 15.5 Å². The lowest BCUT2D eigenvalue weighted by molar-refractivity contribution is -0.117. The molecule has 2 fully saturated rings. The Morgan fingerprint density at radius 3 is 2.66 bits per heavy atom. The van der Waals surface area contributed by atoms with Crippen molar-refractivity contribution in [1.29, 1.82) is 0 Å². The van der Waals surface area contributed by atoms with Gasteiger partial charge in [0.05, 0.1) is 29.4 Å². The van der Waals surface area contributed by atoms with Crippen molar-refractivity contribution in [3.63, 3.8) is 0 Å². The fourth-order valence-corrected chi connectivity index (χ4v) is 3.99. The van der Waals surface area contributed by atoms with E-state index >= 15 is 0 Å². The van der Waals surface area contributed by atoms with Crippen LogP contribution in [0.4, 0.5) is 11.5 Å². The first-order chi connectivity index (χ1) is 15.6. The summed E-state index contributed by atoms with van der Waals surface area (Å²) in [5.41, 5.74) is 1.86. The third-order valence-corrected chi connectivity index (χ3v) is 5.91.